The molecule has 6 nitrogen and oxygen atoms in total. The summed E-state index contributed by atoms with van der Waals surface area (Å²) in [5.74, 6) is 3.73. The SMILES string of the molecule is CCCn1ccnc1CN1C[C@H]2CC[C@@H](N(C)c3cccnn3)[C@H]2C1. The summed E-state index contributed by atoms with van der Waals surface area (Å²) >= 11 is 0. The molecule has 1 saturated heterocycles. The minimum atomic E-state index is 0.571. The lowest BCUT2D eigenvalue weighted by molar-refractivity contribution is 0.285. The van der Waals surface area contributed by atoms with Crippen molar-refractivity contribution in [2.45, 2.75) is 45.3 Å². The minimum absolute atomic E-state index is 0.571. The second-order valence-electron chi connectivity index (χ2n) is 7.49. The summed E-state index contributed by atoms with van der Waals surface area (Å²) in [4.78, 5) is 9.53. The first kappa shape index (κ1) is 16.5. The maximum atomic E-state index is 4.59. The van der Waals surface area contributed by atoms with Gasteiger partial charge in [0.25, 0.3) is 0 Å². The van der Waals surface area contributed by atoms with E-state index in [1.807, 2.05) is 12.3 Å². The van der Waals surface area contributed by atoms with Crippen molar-refractivity contribution in [2.24, 2.45) is 11.8 Å². The monoisotopic (exact) mass is 340 g/mol. The van der Waals surface area contributed by atoms with Crippen LogP contribution in [0.4, 0.5) is 5.82 Å². The molecule has 25 heavy (non-hydrogen) atoms. The van der Waals surface area contributed by atoms with Gasteiger partial charge in [-0.15, -0.1) is 5.10 Å². The molecule has 1 aliphatic carbocycles. The molecule has 6 heteroatoms. The van der Waals surface area contributed by atoms with E-state index in [1.54, 1.807) is 6.20 Å². The van der Waals surface area contributed by atoms with Gasteiger partial charge in [0, 0.05) is 51.3 Å². The Morgan fingerprint density at radius 2 is 2.16 bits per heavy atom. The molecular weight excluding hydrogens is 312 g/mol. The highest BCUT2D eigenvalue weighted by molar-refractivity contribution is 5.37. The molecule has 2 aromatic rings. The van der Waals surface area contributed by atoms with Crippen LogP contribution < -0.4 is 4.90 Å². The second kappa shape index (κ2) is 7.12. The number of hydrogen-bond donors (Lipinski definition) is 0. The third-order valence-electron chi connectivity index (χ3n) is 5.94. The van der Waals surface area contributed by atoms with Crippen molar-refractivity contribution in [3.63, 3.8) is 0 Å². The smallest absolute Gasteiger partial charge is 0.151 e. The Labute approximate surface area is 149 Å². The summed E-state index contributed by atoms with van der Waals surface area (Å²) in [6.07, 6.45) is 9.53. The van der Waals surface area contributed by atoms with Crippen LogP contribution in [0.3, 0.4) is 0 Å². The van der Waals surface area contributed by atoms with Crippen LogP contribution in [0, 0.1) is 11.8 Å². The lowest BCUT2D eigenvalue weighted by atomic mass is 9.97. The summed E-state index contributed by atoms with van der Waals surface area (Å²) in [6.45, 7) is 6.62. The van der Waals surface area contributed by atoms with E-state index in [2.05, 4.69) is 55.8 Å². The number of hydrogen-bond acceptors (Lipinski definition) is 5. The molecule has 4 rings (SSSR count). The number of fused-ring (bicyclic) bond motifs is 1. The second-order valence-corrected chi connectivity index (χ2v) is 7.49. The molecule has 0 spiro atoms. The summed E-state index contributed by atoms with van der Waals surface area (Å²) in [5.41, 5.74) is 0. The van der Waals surface area contributed by atoms with E-state index in [0.717, 1.165) is 37.2 Å². The molecule has 0 radical (unpaired) electrons. The van der Waals surface area contributed by atoms with E-state index in [9.17, 15) is 0 Å². The van der Waals surface area contributed by atoms with Crippen LogP contribution in [0.5, 0.6) is 0 Å². The van der Waals surface area contributed by atoms with E-state index >= 15 is 0 Å². The van der Waals surface area contributed by atoms with Crippen molar-refractivity contribution in [2.75, 3.05) is 25.0 Å². The third-order valence-corrected chi connectivity index (χ3v) is 5.94. The Morgan fingerprint density at radius 1 is 1.24 bits per heavy atom. The molecule has 0 unspecified atom stereocenters. The molecule has 2 fully saturated rings. The first-order chi connectivity index (χ1) is 12.3. The highest BCUT2D eigenvalue weighted by Crippen LogP contribution is 2.41. The fraction of sp³-hybridized carbons (Fsp3) is 0.632. The zero-order valence-corrected chi connectivity index (χ0v) is 15.3. The van der Waals surface area contributed by atoms with Gasteiger partial charge >= 0.3 is 0 Å². The number of rotatable bonds is 6. The van der Waals surface area contributed by atoms with Crippen LogP contribution in [0.15, 0.2) is 30.7 Å². The molecule has 0 N–H and O–H groups in total. The van der Waals surface area contributed by atoms with Crippen molar-refractivity contribution < 1.29 is 0 Å². The number of aryl methyl sites for hydroxylation is 1. The average Bonchev–Trinajstić information content (AvgIpc) is 3.32. The van der Waals surface area contributed by atoms with Crippen molar-refractivity contribution in [1.82, 2.24) is 24.6 Å². The standard InChI is InChI=1S/C19H28N6/c1-3-10-25-11-9-20-19(25)14-24-12-15-6-7-17(16(15)13-24)23(2)18-5-4-8-21-22-18/h4-5,8-9,11,15-17H,3,6-7,10,12-14H2,1-2H3/t15-,16+,17-/m1/s1. The largest absolute Gasteiger partial charge is 0.355 e. The third kappa shape index (κ3) is 3.27. The molecule has 3 heterocycles. The van der Waals surface area contributed by atoms with Gasteiger partial charge in [-0.2, -0.15) is 5.10 Å². The summed E-state index contributed by atoms with van der Waals surface area (Å²) in [5, 5.41) is 8.34. The Bertz CT molecular complexity index is 684. The molecule has 1 aliphatic heterocycles. The molecule has 134 valence electrons. The first-order valence-electron chi connectivity index (χ1n) is 9.49. The molecule has 2 aliphatic rings. The van der Waals surface area contributed by atoms with Gasteiger partial charge in [0.2, 0.25) is 0 Å². The molecule has 0 aromatic carbocycles. The van der Waals surface area contributed by atoms with Crippen LogP contribution in [-0.2, 0) is 13.1 Å². The van der Waals surface area contributed by atoms with E-state index in [4.69, 9.17) is 0 Å². The van der Waals surface area contributed by atoms with E-state index in [0.29, 0.717) is 6.04 Å². The lowest BCUT2D eigenvalue weighted by Gasteiger charge is -2.30. The molecule has 2 aromatic heterocycles. The van der Waals surface area contributed by atoms with Crippen LogP contribution in [0.25, 0.3) is 0 Å². The van der Waals surface area contributed by atoms with Crippen molar-refractivity contribution in [3.05, 3.63) is 36.5 Å². The highest BCUT2D eigenvalue weighted by atomic mass is 15.3. The Hall–Kier alpha value is -1.95. The maximum absolute atomic E-state index is 4.59. The zero-order chi connectivity index (χ0) is 17.2. The normalized spacial score (nSPS) is 26.1. The van der Waals surface area contributed by atoms with E-state index in [1.165, 1.54) is 31.8 Å². The van der Waals surface area contributed by atoms with Crippen molar-refractivity contribution in [1.29, 1.82) is 0 Å². The lowest BCUT2D eigenvalue weighted by Crippen LogP contribution is -2.38. The Balaban J connectivity index is 1.42. The van der Waals surface area contributed by atoms with Crippen LogP contribution >= 0.6 is 0 Å². The van der Waals surface area contributed by atoms with Gasteiger partial charge in [-0.3, -0.25) is 4.90 Å². The molecular formula is C19H28N6. The van der Waals surface area contributed by atoms with Crippen LogP contribution in [0.2, 0.25) is 0 Å². The topological polar surface area (TPSA) is 50.1 Å². The van der Waals surface area contributed by atoms with E-state index in [-0.39, 0.29) is 0 Å². The zero-order valence-electron chi connectivity index (χ0n) is 15.3. The average molecular weight is 340 g/mol. The predicted molar refractivity (Wildman–Crippen MR) is 98.2 cm³/mol. The molecule has 1 saturated carbocycles. The molecule has 3 atom stereocenters. The van der Waals surface area contributed by atoms with Crippen LogP contribution in [0.1, 0.15) is 32.0 Å². The first-order valence-corrected chi connectivity index (χ1v) is 9.49. The van der Waals surface area contributed by atoms with Gasteiger partial charge in [-0.05, 0) is 43.2 Å². The van der Waals surface area contributed by atoms with Crippen molar-refractivity contribution >= 4 is 5.82 Å². The molecule has 0 bridgehead atoms. The van der Waals surface area contributed by atoms with E-state index < -0.39 is 0 Å². The Kier molecular flexibility index (Phi) is 4.70. The number of aromatic nitrogens is 4. The number of imidazole rings is 1. The highest BCUT2D eigenvalue weighted by Gasteiger charge is 2.44. The fourth-order valence-electron chi connectivity index (χ4n) is 4.73. The summed E-state index contributed by atoms with van der Waals surface area (Å²) < 4.78 is 2.30. The van der Waals surface area contributed by atoms with Crippen LogP contribution in [-0.4, -0.2) is 50.8 Å². The maximum Gasteiger partial charge on any atom is 0.151 e. The number of anilines is 1. The van der Waals surface area contributed by atoms with Gasteiger partial charge < -0.3 is 9.47 Å². The number of likely N-dealkylation sites (tertiary alicyclic amines) is 1. The van der Waals surface area contributed by atoms with Gasteiger partial charge in [-0.25, -0.2) is 4.98 Å². The molecule has 0 amide bonds. The van der Waals surface area contributed by atoms with Gasteiger partial charge in [0.05, 0.1) is 6.54 Å². The van der Waals surface area contributed by atoms with Crippen molar-refractivity contribution in [3.8, 4) is 0 Å². The Morgan fingerprint density at radius 3 is 2.96 bits per heavy atom. The fourth-order valence-corrected chi connectivity index (χ4v) is 4.73. The van der Waals surface area contributed by atoms with Gasteiger partial charge in [-0.1, -0.05) is 6.92 Å². The minimum Gasteiger partial charge on any atom is -0.355 e. The number of nitrogens with zero attached hydrogens (tertiary/aromatic N) is 6. The quantitative estimate of drug-likeness (QED) is 0.808. The predicted octanol–water partition coefficient (Wildman–Crippen LogP) is 2.43. The summed E-state index contributed by atoms with van der Waals surface area (Å²) in [7, 11) is 2.17. The van der Waals surface area contributed by atoms with Gasteiger partial charge in [0.1, 0.15) is 5.82 Å². The summed E-state index contributed by atoms with van der Waals surface area (Å²) in [6, 6.07) is 4.61. The van der Waals surface area contributed by atoms with Gasteiger partial charge in [0.15, 0.2) is 5.82 Å².